The largest absolute Gasteiger partial charge is 0.302 e. The van der Waals surface area contributed by atoms with Crippen molar-refractivity contribution >= 4 is 56.0 Å². The lowest BCUT2D eigenvalue weighted by Crippen LogP contribution is -2.18. The number of thioether (sulfide) groups is 1. The lowest BCUT2D eigenvalue weighted by molar-refractivity contribution is -0.115. The van der Waals surface area contributed by atoms with Crippen molar-refractivity contribution in [3.63, 3.8) is 0 Å². The van der Waals surface area contributed by atoms with Crippen LogP contribution in [0.4, 0.5) is 5.13 Å². The van der Waals surface area contributed by atoms with Gasteiger partial charge in [-0.3, -0.25) is 9.59 Å². The number of hydrogen-bond donors (Lipinski definition) is 2. The van der Waals surface area contributed by atoms with Gasteiger partial charge in [0.05, 0.1) is 22.3 Å². The summed E-state index contributed by atoms with van der Waals surface area (Å²) in [5.41, 5.74) is 3.07. The molecular weight excluding hydrogens is 440 g/mol. The second-order valence-electron chi connectivity index (χ2n) is 6.63. The van der Waals surface area contributed by atoms with Gasteiger partial charge in [0, 0.05) is 16.8 Å². The zero-order chi connectivity index (χ0) is 21.1. The number of para-hydroxylation sites is 1. The minimum Gasteiger partial charge on any atom is -0.302 e. The van der Waals surface area contributed by atoms with Gasteiger partial charge in [-0.25, -0.2) is 9.97 Å². The van der Waals surface area contributed by atoms with Gasteiger partial charge in [0.2, 0.25) is 5.91 Å². The molecule has 9 heteroatoms. The Morgan fingerprint density at radius 3 is 2.83 bits per heavy atom. The van der Waals surface area contributed by atoms with E-state index in [0.717, 1.165) is 21.3 Å². The molecule has 0 radical (unpaired) electrons. The van der Waals surface area contributed by atoms with Crippen molar-refractivity contribution in [2.24, 2.45) is 0 Å². The Kier molecular flexibility index (Phi) is 6.17. The maximum atomic E-state index is 12.5. The smallest absolute Gasteiger partial charge is 0.251 e. The number of rotatable bonds is 6. The van der Waals surface area contributed by atoms with Crippen LogP contribution in [0.3, 0.4) is 0 Å². The molecule has 2 heterocycles. The summed E-state index contributed by atoms with van der Waals surface area (Å²) in [6.07, 6.45) is -0.0104. The molecule has 0 saturated carbocycles. The highest BCUT2D eigenvalue weighted by Gasteiger charge is 2.12. The van der Waals surface area contributed by atoms with E-state index in [1.807, 2.05) is 49.4 Å². The van der Waals surface area contributed by atoms with E-state index in [-0.39, 0.29) is 17.9 Å². The molecule has 4 aromatic rings. The molecule has 4 rings (SSSR count). The van der Waals surface area contributed by atoms with Crippen LogP contribution in [0.1, 0.15) is 16.8 Å². The van der Waals surface area contributed by atoms with Crippen LogP contribution in [-0.4, -0.2) is 20.9 Å². The Labute approximate surface area is 185 Å². The molecule has 0 unspecified atom stereocenters. The Bertz CT molecular complexity index is 1290. The molecule has 0 bridgehead atoms. The summed E-state index contributed by atoms with van der Waals surface area (Å²) in [5.74, 6) is 0.333. The topological polar surface area (TPSA) is 87.7 Å². The number of aromatic nitrogens is 3. The number of fused-ring (bicyclic) bond motifs is 1. The van der Waals surface area contributed by atoms with Crippen LogP contribution in [0, 0.1) is 6.92 Å². The zero-order valence-electron chi connectivity index (χ0n) is 15.9. The summed E-state index contributed by atoms with van der Waals surface area (Å²) >= 11 is 8.80. The molecule has 2 N–H and O–H groups in total. The van der Waals surface area contributed by atoms with Crippen molar-refractivity contribution in [3.05, 3.63) is 80.7 Å². The van der Waals surface area contributed by atoms with E-state index in [2.05, 4.69) is 20.3 Å². The third-order valence-corrected chi connectivity index (χ3v) is 6.36. The van der Waals surface area contributed by atoms with Gasteiger partial charge in [0.1, 0.15) is 0 Å². The highest BCUT2D eigenvalue weighted by Crippen LogP contribution is 2.28. The molecule has 30 heavy (non-hydrogen) atoms. The molecular formula is C21H17ClN4O2S2. The second kappa shape index (κ2) is 8.99. The summed E-state index contributed by atoms with van der Waals surface area (Å²) in [5, 5.41) is 4.45. The van der Waals surface area contributed by atoms with Gasteiger partial charge in [-0.05, 0) is 36.2 Å². The molecule has 0 aliphatic heterocycles. The number of nitrogens with one attached hydrogen (secondary N) is 2. The molecule has 0 fully saturated rings. The molecule has 1 amide bonds. The minimum atomic E-state index is -0.294. The first-order chi connectivity index (χ1) is 14.5. The average Bonchev–Trinajstić information content (AvgIpc) is 3.10. The normalized spacial score (nSPS) is 11.0. The molecule has 0 spiro atoms. The van der Waals surface area contributed by atoms with Crippen molar-refractivity contribution in [3.8, 4) is 0 Å². The van der Waals surface area contributed by atoms with E-state index in [0.29, 0.717) is 26.8 Å². The third kappa shape index (κ3) is 5.08. The highest BCUT2D eigenvalue weighted by molar-refractivity contribution is 7.98. The van der Waals surface area contributed by atoms with E-state index < -0.39 is 0 Å². The zero-order valence-corrected chi connectivity index (χ0v) is 18.3. The van der Waals surface area contributed by atoms with Crippen molar-refractivity contribution < 1.29 is 4.79 Å². The Morgan fingerprint density at radius 1 is 1.20 bits per heavy atom. The van der Waals surface area contributed by atoms with Crippen LogP contribution in [-0.2, 0) is 17.0 Å². The summed E-state index contributed by atoms with van der Waals surface area (Å²) < 4.78 is 1.01. The number of aryl methyl sites for hydroxylation is 1. The quantitative estimate of drug-likeness (QED) is 0.321. The van der Waals surface area contributed by atoms with Gasteiger partial charge < -0.3 is 10.3 Å². The SMILES string of the molecule is Cc1cccc2sc(NC(=O)Cc3cc(=O)[nH]c(SCc4cccc(Cl)c4)n3)nc12. The van der Waals surface area contributed by atoms with E-state index in [4.69, 9.17) is 11.6 Å². The van der Waals surface area contributed by atoms with Gasteiger partial charge in [0.15, 0.2) is 10.3 Å². The Morgan fingerprint density at radius 2 is 2.03 bits per heavy atom. The summed E-state index contributed by atoms with van der Waals surface area (Å²) in [7, 11) is 0. The second-order valence-corrected chi connectivity index (χ2v) is 9.06. The van der Waals surface area contributed by atoms with Crippen LogP contribution in [0.2, 0.25) is 5.02 Å². The first-order valence-corrected chi connectivity index (χ1v) is 11.3. The molecule has 0 aliphatic carbocycles. The number of thiazole rings is 1. The van der Waals surface area contributed by atoms with Crippen molar-refractivity contribution in [2.75, 3.05) is 5.32 Å². The molecule has 152 valence electrons. The Hall–Kier alpha value is -2.68. The van der Waals surface area contributed by atoms with Crippen LogP contribution in [0.5, 0.6) is 0 Å². The summed E-state index contributed by atoms with van der Waals surface area (Å²) in [4.78, 5) is 36.1. The van der Waals surface area contributed by atoms with Crippen molar-refractivity contribution in [2.45, 2.75) is 24.3 Å². The van der Waals surface area contributed by atoms with Gasteiger partial charge in [0.25, 0.3) is 5.56 Å². The number of benzene rings is 2. The number of amides is 1. The number of nitrogens with zero attached hydrogens (tertiary/aromatic N) is 2. The van der Waals surface area contributed by atoms with Crippen LogP contribution < -0.4 is 10.9 Å². The Balaban J connectivity index is 1.43. The number of H-pyrrole nitrogens is 1. The fourth-order valence-corrected chi connectivity index (χ4v) is 4.90. The number of halogens is 1. The maximum absolute atomic E-state index is 12.5. The minimum absolute atomic E-state index is 0.0104. The third-order valence-electron chi connectivity index (χ3n) is 4.25. The van der Waals surface area contributed by atoms with Crippen LogP contribution in [0.15, 0.2) is 58.5 Å². The van der Waals surface area contributed by atoms with E-state index >= 15 is 0 Å². The lowest BCUT2D eigenvalue weighted by atomic mass is 10.2. The monoisotopic (exact) mass is 456 g/mol. The van der Waals surface area contributed by atoms with Crippen LogP contribution >= 0.6 is 34.7 Å². The predicted octanol–water partition coefficient (Wildman–Crippen LogP) is 4.81. The number of hydrogen-bond acceptors (Lipinski definition) is 6. The highest BCUT2D eigenvalue weighted by atomic mass is 35.5. The number of anilines is 1. The van der Waals surface area contributed by atoms with E-state index in [1.165, 1.54) is 29.2 Å². The standard InChI is InChI=1S/C21H17ClN4O2S2/c1-12-4-2-7-16-19(12)26-21(30-16)25-18(28)10-15-9-17(27)24-20(23-15)29-11-13-5-3-6-14(22)8-13/h2-9H,10-11H2,1H3,(H,23,24,27)(H,25,26,28). The maximum Gasteiger partial charge on any atom is 0.251 e. The fourth-order valence-electron chi connectivity index (χ4n) is 2.89. The first kappa shape index (κ1) is 20.6. The molecule has 2 aromatic heterocycles. The first-order valence-electron chi connectivity index (χ1n) is 9.10. The van der Waals surface area contributed by atoms with Gasteiger partial charge in [-0.1, -0.05) is 59.0 Å². The molecule has 2 aromatic carbocycles. The number of carbonyl (C=O) groups excluding carboxylic acids is 1. The van der Waals surface area contributed by atoms with E-state index in [9.17, 15) is 9.59 Å². The number of carbonyl (C=O) groups is 1. The summed E-state index contributed by atoms with van der Waals surface area (Å²) in [6.45, 7) is 1.98. The van der Waals surface area contributed by atoms with Crippen LogP contribution in [0.25, 0.3) is 10.2 Å². The summed E-state index contributed by atoms with van der Waals surface area (Å²) in [6, 6.07) is 14.8. The van der Waals surface area contributed by atoms with Crippen molar-refractivity contribution in [1.82, 2.24) is 15.0 Å². The predicted molar refractivity (Wildman–Crippen MR) is 123 cm³/mol. The van der Waals surface area contributed by atoms with Gasteiger partial charge in [-0.15, -0.1) is 0 Å². The molecule has 0 saturated heterocycles. The lowest BCUT2D eigenvalue weighted by Gasteiger charge is -2.05. The van der Waals surface area contributed by atoms with E-state index in [1.54, 1.807) is 0 Å². The molecule has 6 nitrogen and oxygen atoms in total. The van der Waals surface area contributed by atoms with Crippen molar-refractivity contribution in [1.29, 1.82) is 0 Å². The van der Waals surface area contributed by atoms with Gasteiger partial charge in [-0.2, -0.15) is 0 Å². The number of aromatic amines is 1. The average molecular weight is 457 g/mol. The molecule has 0 aliphatic rings. The fraction of sp³-hybridized carbons (Fsp3) is 0.143. The molecule has 0 atom stereocenters. The van der Waals surface area contributed by atoms with Gasteiger partial charge >= 0.3 is 0 Å².